The maximum absolute atomic E-state index is 12.5. The minimum Gasteiger partial charge on any atom is -0.481 e. The Labute approximate surface area is 123 Å². The fraction of sp³-hybridized carbons (Fsp3) is 0.600. The van der Waals surface area contributed by atoms with E-state index >= 15 is 0 Å². The van der Waals surface area contributed by atoms with Gasteiger partial charge in [0.15, 0.2) is 0 Å². The third-order valence-electron chi connectivity index (χ3n) is 4.16. The van der Waals surface area contributed by atoms with Crippen molar-refractivity contribution in [3.8, 4) is 0 Å². The summed E-state index contributed by atoms with van der Waals surface area (Å²) in [6.45, 7) is 4.62. The van der Waals surface area contributed by atoms with Crippen molar-refractivity contribution < 1.29 is 14.7 Å². The second kappa shape index (κ2) is 5.95. The van der Waals surface area contributed by atoms with E-state index in [1.54, 1.807) is 23.3 Å². The number of hydrogen-bond donors (Lipinski definition) is 1. The van der Waals surface area contributed by atoms with Gasteiger partial charge in [-0.1, -0.05) is 6.92 Å². The van der Waals surface area contributed by atoms with Crippen LogP contribution in [0.25, 0.3) is 0 Å². The van der Waals surface area contributed by atoms with E-state index in [1.807, 2.05) is 25.3 Å². The van der Waals surface area contributed by atoms with Crippen molar-refractivity contribution in [2.24, 2.45) is 17.8 Å². The Balaban J connectivity index is 2.06. The van der Waals surface area contributed by atoms with E-state index in [1.165, 1.54) is 10.4 Å². The second-order valence-corrected chi connectivity index (χ2v) is 6.85. The molecule has 1 amide bonds. The molecule has 0 radical (unpaired) electrons. The molecule has 0 bridgehead atoms. The van der Waals surface area contributed by atoms with Crippen LogP contribution in [0.5, 0.6) is 0 Å². The standard InChI is InChI=1S/C15H21NO3S/c1-9-6-11(12(7-9)15(18)19)14(17)16(3)8-13-10(2)4-5-20-13/h4-5,9,11-12H,6-8H2,1-3H3,(H,18,19). The summed E-state index contributed by atoms with van der Waals surface area (Å²) in [5.41, 5.74) is 1.18. The summed E-state index contributed by atoms with van der Waals surface area (Å²) < 4.78 is 0. The molecule has 0 spiro atoms. The molecule has 0 aromatic carbocycles. The number of rotatable bonds is 4. The molecule has 20 heavy (non-hydrogen) atoms. The highest BCUT2D eigenvalue weighted by Gasteiger charge is 2.42. The van der Waals surface area contributed by atoms with Gasteiger partial charge in [-0.2, -0.15) is 0 Å². The van der Waals surface area contributed by atoms with Crippen LogP contribution < -0.4 is 0 Å². The van der Waals surface area contributed by atoms with Crippen molar-refractivity contribution in [3.05, 3.63) is 21.9 Å². The molecule has 1 fully saturated rings. The highest BCUT2D eigenvalue weighted by molar-refractivity contribution is 7.10. The average molecular weight is 295 g/mol. The van der Waals surface area contributed by atoms with Gasteiger partial charge in [0.2, 0.25) is 5.91 Å². The number of amides is 1. The number of carbonyl (C=O) groups is 2. The van der Waals surface area contributed by atoms with Crippen LogP contribution in [0.3, 0.4) is 0 Å². The largest absolute Gasteiger partial charge is 0.481 e. The van der Waals surface area contributed by atoms with Crippen LogP contribution in [0, 0.1) is 24.7 Å². The lowest BCUT2D eigenvalue weighted by Crippen LogP contribution is -2.36. The molecule has 1 aromatic rings. The molecule has 1 aliphatic carbocycles. The zero-order valence-electron chi connectivity index (χ0n) is 12.1. The zero-order chi connectivity index (χ0) is 14.9. The summed E-state index contributed by atoms with van der Waals surface area (Å²) in [6, 6.07) is 2.04. The van der Waals surface area contributed by atoms with E-state index < -0.39 is 11.9 Å². The number of hydrogen-bond acceptors (Lipinski definition) is 3. The van der Waals surface area contributed by atoms with Gasteiger partial charge in [-0.15, -0.1) is 11.3 Å². The van der Waals surface area contributed by atoms with Gasteiger partial charge in [-0.3, -0.25) is 9.59 Å². The van der Waals surface area contributed by atoms with Crippen molar-refractivity contribution in [2.45, 2.75) is 33.2 Å². The molecular weight excluding hydrogens is 274 g/mol. The van der Waals surface area contributed by atoms with Crippen molar-refractivity contribution in [1.29, 1.82) is 0 Å². The van der Waals surface area contributed by atoms with Crippen molar-refractivity contribution in [3.63, 3.8) is 0 Å². The van der Waals surface area contributed by atoms with Crippen LogP contribution >= 0.6 is 11.3 Å². The van der Waals surface area contributed by atoms with E-state index in [2.05, 4.69) is 0 Å². The van der Waals surface area contributed by atoms with E-state index in [0.717, 1.165) is 0 Å². The first kappa shape index (κ1) is 15.0. The minimum absolute atomic E-state index is 0.0328. The molecule has 0 aliphatic heterocycles. The van der Waals surface area contributed by atoms with Crippen LogP contribution in [0.15, 0.2) is 11.4 Å². The maximum Gasteiger partial charge on any atom is 0.307 e. The molecular formula is C15H21NO3S. The number of nitrogens with zero attached hydrogens (tertiary/aromatic N) is 1. The molecule has 1 saturated carbocycles. The molecule has 3 unspecified atom stereocenters. The summed E-state index contributed by atoms with van der Waals surface area (Å²) in [6.07, 6.45) is 1.29. The molecule has 1 N–H and O–H groups in total. The Hall–Kier alpha value is -1.36. The SMILES string of the molecule is Cc1ccsc1CN(C)C(=O)C1CC(C)CC1C(=O)O. The van der Waals surface area contributed by atoms with Gasteiger partial charge >= 0.3 is 5.97 Å². The highest BCUT2D eigenvalue weighted by Crippen LogP contribution is 2.37. The number of carboxylic acids is 1. The summed E-state index contributed by atoms with van der Waals surface area (Å²) >= 11 is 1.64. The van der Waals surface area contributed by atoms with Crippen molar-refractivity contribution in [1.82, 2.24) is 4.90 Å². The summed E-state index contributed by atoms with van der Waals surface area (Å²) in [5.74, 6) is -1.46. The number of carboxylic acid groups (broad SMARTS) is 1. The predicted molar refractivity (Wildman–Crippen MR) is 78.5 cm³/mol. The molecule has 1 aromatic heterocycles. The fourth-order valence-corrected chi connectivity index (χ4v) is 3.94. The van der Waals surface area contributed by atoms with Gasteiger partial charge in [0.25, 0.3) is 0 Å². The Bertz CT molecular complexity index is 511. The Morgan fingerprint density at radius 1 is 1.40 bits per heavy atom. The topological polar surface area (TPSA) is 57.6 Å². The summed E-state index contributed by atoms with van der Waals surface area (Å²) in [4.78, 5) is 26.6. The van der Waals surface area contributed by atoms with Gasteiger partial charge in [0.05, 0.1) is 18.4 Å². The van der Waals surface area contributed by atoms with Crippen LogP contribution in [-0.4, -0.2) is 28.9 Å². The molecule has 1 aliphatic rings. The van der Waals surface area contributed by atoms with Gasteiger partial charge in [0.1, 0.15) is 0 Å². The smallest absolute Gasteiger partial charge is 0.307 e. The lowest BCUT2D eigenvalue weighted by Gasteiger charge is -2.23. The first-order chi connectivity index (χ1) is 9.40. The van der Waals surface area contributed by atoms with E-state index in [-0.39, 0.29) is 11.8 Å². The van der Waals surface area contributed by atoms with Crippen LogP contribution in [-0.2, 0) is 16.1 Å². The quantitative estimate of drug-likeness (QED) is 0.929. The first-order valence-electron chi connectivity index (χ1n) is 6.91. The van der Waals surface area contributed by atoms with Crippen LogP contribution in [0.1, 0.15) is 30.2 Å². The number of aliphatic carboxylic acids is 1. The van der Waals surface area contributed by atoms with E-state index in [9.17, 15) is 14.7 Å². The second-order valence-electron chi connectivity index (χ2n) is 5.85. The Morgan fingerprint density at radius 2 is 2.05 bits per heavy atom. The Morgan fingerprint density at radius 3 is 2.60 bits per heavy atom. The monoisotopic (exact) mass is 295 g/mol. The maximum atomic E-state index is 12.5. The predicted octanol–water partition coefficient (Wildman–Crippen LogP) is 2.76. The zero-order valence-corrected chi connectivity index (χ0v) is 12.9. The van der Waals surface area contributed by atoms with Gasteiger partial charge in [-0.05, 0) is 42.7 Å². The van der Waals surface area contributed by atoms with Crippen LogP contribution in [0.2, 0.25) is 0 Å². The van der Waals surface area contributed by atoms with Gasteiger partial charge < -0.3 is 10.0 Å². The summed E-state index contributed by atoms with van der Waals surface area (Å²) in [5, 5.41) is 11.3. The first-order valence-corrected chi connectivity index (χ1v) is 7.78. The molecule has 3 atom stereocenters. The lowest BCUT2D eigenvalue weighted by molar-refractivity contribution is -0.148. The molecule has 0 saturated heterocycles. The van der Waals surface area contributed by atoms with Crippen molar-refractivity contribution >= 4 is 23.2 Å². The third-order valence-corrected chi connectivity index (χ3v) is 5.17. The fourth-order valence-electron chi connectivity index (χ4n) is 2.98. The van der Waals surface area contributed by atoms with Crippen molar-refractivity contribution in [2.75, 3.05) is 7.05 Å². The molecule has 4 nitrogen and oxygen atoms in total. The van der Waals surface area contributed by atoms with E-state index in [4.69, 9.17) is 0 Å². The normalized spacial score (nSPS) is 25.6. The molecule has 110 valence electrons. The van der Waals surface area contributed by atoms with Crippen LogP contribution in [0.4, 0.5) is 0 Å². The number of carbonyl (C=O) groups excluding carboxylic acids is 1. The Kier molecular flexibility index (Phi) is 4.48. The number of thiophene rings is 1. The molecule has 1 heterocycles. The van der Waals surface area contributed by atoms with Gasteiger partial charge in [0, 0.05) is 11.9 Å². The summed E-state index contributed by atoms with van der Waals surface area (Å²) in [7, 11) is 1.77. The minimum atomic E-state index is -0.839. The van der Waals surface area contributed by atoms with Gasteiger partial charge in [-0.25, -0.2) is 0 Å². The highest BCUT2D eigenvalue weighted by atomic mass is 32.1. The number of aryl methyl sites for hydroxylation is 1. The molecule has 5 heteroatoms. The third kappa shape index (κ3) is 3.03. The molecule has 2 rings (SSSR count). The lowest BCUT2D eigenvalue weighted by atomic mass is 9.95. The average Bonchev–Trinajstić information content (AvgIpc) is 2.95. The van der Waals surface area contributed by atoms with E-state index in [0.29, 0.717) is 25.3 Å².